The third kappa shape index (κ3) is 4.88. The molecule has 2 aromatic rings. The second-order valence-corrected chi connectivity index (χ2v) is 9.10. The maximum atomic E-state index is 12.5. The summed E-state index contributed by atoms with van der Waals surface area (Å²) in [6.07, 6.45) is 11.1. The van der Waals surface area contributed by atoms with E-state index in [1.54, 1.807) is 0 Å². The summed E-state index contributed by atoms with van der Waals surface area (Å²) in [6, 6.07) is 7.57. The molecule has 166 valence electrons. The molecule has 4 nitrogen and oxygen atoms in total. The van der Waals surface area contributed by atoms with E-state index in [1.807, 2.05) is 0 Å². The van der Waals surface area contributed by atoms with Gasteiger partial charge in [0.05, 0.1) is 0 Å². The fourth-order valence-corrected chi connectivity index (χ4v) is 5.69. The lowest BCUT2D eigenvalue weighted by Gasteiger charge is -2.40. The van der Waals surface area contributed by atoms with Crippen LogP contribution in [0.15, 0.2) is 23.0 Å². The van der Waals surface area contributed by atoms with Gasteiger partial charge in [0.1, 0.15) is 0 Å². The van der Waals surface area contributed by atoms with Crippen molar-refractivity contribution < 1.29 is 0 Å². The van der Waals surface area contributed by atoms with Gasteiger partial charge in [-0.05, 0) is 94.7 Å². The highest BCUT2D eigenvalue weighted by Crippen LogP contribution is 2.27. The van der Waals surface area contributed by atoms with Crippen molar-refractivity contribution in [3.8, 4) is 0 Å². The molecule has 30 heavy (non-hydrogen) atoms. The quantitative estimate of drug-likeness (QED) is 0.734. The lowest BCUT2D eigenvalue weighted by atomic mass is 9.89. The molecule has 2 aliphatic heterocycles. The maximum Gasteiger partial charge on any atom is 0.251 e. The standard InChI is InChI=1S/C24H33N3O.2ClH/c28-24-22-7-3-2-6-20(22)21-9-8-18(16-23(21)25-24)17-26-14-10-19(11-15-26)27-12-4-1-5-13-27;;/h8-9,16,19H,1-7,10-15,17H2,(H,25,28);2*1H. The van der Waals surface area contributed by atoms with Crippen LogP contribution in [0.2, 0.25) is 0 Å². The van der Waals surface area contributed by atoms with Crippen molar-refractivity contribution in [2.24, 2.45) is 0 Å². The molecule has 0 spiro atoms. The normalized spacial score (nSPS) is 20.9. The molecule has 3 heterocycles. The minimum absolute atomic E-state index is 0. The Morgan fingerprint density at radius 2 is 1.57 bits per heavy atom. The molecular formula is C24H35Cl2N3O. The Morgan fingerprint density at radius 1 is 0.867 bits per heavy atom. The van der Waals surface area contributed by atoms with Crippen molar-refractivity contribution in [2.45, 2.75) is 70.4 Å². The molecular weight excluding hydrogens is 417 g/mol. The van der Waals surface area contributed by atoms with E-state index >= 15 is 0 Å². The van der Waals surface area contributed by atoms with Gasteiger partial charge < -0.3 is 9.88 Å². The number of aromatic nitrogens is 1. The number of likely N-dealkylation sites (tertiary alicyclic amines) is 2. The summed E-state index contributed by atoms with van der Waals surface area (Å²) in [7, 11) is 0. The number of nitrogens with one attached hydrogen (secondary N) is 1. The second kappa shape index (κ2) is 10.5. The lowest BCUT2D eigenvalue weighted by Crippen LogP contribution is -2.46. The number of rotatable bonds is 3. The second-order valence-electron chi connectivity index (χ2n) is 9.10. The Hall–Kier alpha value is -1.07. The molecule has 2 saturated heterocycles. The highest BCUT2D eigenvalue weighted by molar-refractivity contribution is 5.85. The lowest BCUT2D eigenvalue weighted by molar-refractivity contribution is 0.0897. The van der Waals surface area contributed by atoms with Gasteiger partial charge >= 0.3 is 0 Å². The summed E-state index contributed by atoms with van der Waals surface area (Å²) in [4.78, 5) is 21.0. The van der Waals surface area contributed by atoms with Crippen LogP contribution in [-0.4, -0.2) is 47.0 Å². The smallest absolute Gasteiger partial charge is 0.251 e. The average molecular weight is 452 g/mol. The zero-order valence-corrected chi connectivity index (χ0v) is 19.5. The van der Waals surface area contributed by atoms with E-state index in [1.165, 1.54) is 81.2 Å². The first-order valence-corrected chi connectivity index (χ1v) is 11.4. The minimum atomic E-state index is 0. The van der Waals surface area contributed by atoms with Crippen LogP contribution in [0.25, 0.3) is 10.9 Å². The molecule has 1 aliphatic carbocycles. The summed E-state index contributed by atoms with van der Waals surface area (Å²) >= 11 is 0. The van der Waals surface area contributed by atoms with Crippen LogP contribution >= 0.6 is 24.8 Å². The van der Waals surface area contributed by atoms with Gasteiger partial charge in [-0.3, -0.25) is 9.69 Å². The summed E-state index contributed by atoms with van der Waals surface area (Å²) in [5.41, 5.74) is 4.84. The molecule has 1 aromatic heterocycles. The first-order valence-electron chi connectivity index (χ1n) is 11.4. The Morgan fingerprint density at radius 3 is 2.30 bits per heavy atom. The number of hydrogen-bond acceptors (Lipinski definition) is 3. The van der Waals surface area contributed by atoms with E-state index in [0.717, 1.165) is 42.9 Å². The fourth-order valence-electron chi connectivity index (χ4n) is 5.69. The van der Waals surface area contributed by atoms with Crippen molar-refractivity contribution in [2.75, 3.05) is 26.2 Å². The number of H-pyrrole nitrogens is 1. The largest absolute Gasteiger partial charge is 0.322 e. The molecule has 1 aromatic carbocycles. The number of fused-ring (bicyclic) bond motifs is 3. The Kier molecular flexibility index (Phi) is 8.25. The summed E-state index contributed by atoms with van der Waals surface area (Å²) in [6.45, 7) is 6.02. The Labute approximate surface area is 192 Å². The topological polar surface area (TPSA) is 39.3 Å². The number of benzene rings is 1. The van der Waals surface area contributed by atoms with Gasteiger partial charge in [0.25, 0.3) is 5.56 Å². The van der Waals surface area contributed by atoms with E-state index < -0.39 is 0 Å². The molecule has 0 atom stereocenters. The SMILES string of the molecule is Cl.Cl.O=c1[nH]c2cc(CN3CCC(N4CCCCC4)CC3)ccc2c2c1CCCC2. The van der Waals surface area contributed by atoms with Gasteiger partial charge in [-0.25, -0.2) is 0 Å². The Balaban J connectivity index is 0.00000128. The molecule has 5 rings (SSSR count). The van der Waals surface area contributed by atoms with Crippen LogP contribution in [0.1, 0.15) is 61.6 Å². The highest BCUT2D eigenvalue weighted by atomic mass is 35.5. The van der Waals surface area contributed by atoms with Gasteiger partial charge in [0.15, 0.2) is 0 Å². The maximum absolute atomic E-state index is 12.5. The third-order valence-corrected chi connectivity index (χ3v) is 7.27. The van der Waals surface area contributed by atoms with Crippen LogP contribution in [0.5, 0.6) is 0 Å². The molecule has 2 fully saturated rings. The van der Waals surface area contributed by atoms with Crippen molar-refractivity contribution in [3.05, 3.63) is 45.2 Å². The fraction of sp³-hybridized carbons (Fsp3) is 0.625. The van der Waals surface area contributed by atoms with Gasteiger partial charge in [-0.2, -0.15) is 0 Å². The van der Waals surface area contributed by atoms with E-state index in [9.17, 15) is 4.79 Å². The number of halogens is 2. The van der Waals surface area contributed by atoms with Crippen molar-refractivity contribution in [3.63, 3.8) is 0 Å². The molecule has 1 N–H and O–H groups in total. The molecule has 0 amide bonds. The van der Waals surface area contributed by atoms with E-state index in [-0.39, 0.29) is 30.4 Å². The summed E-state index contributed by atoms with van der Waals surface area (Å²) in [5.74, 6) is 0. The Bertz CT molecular complexity index is 899. The number of pyridine rings is 1. The van der Waals surface area contributed by atoms with E-state index in [4.69, 9.17) is 0 Å². The number of hydrogen-bond donors (Lipinski definition) is 1. The highest BCUT2D eigenvalue weighted by Gasteiger charge is 2.25. The first-order chi connectivity index (χ1) is 13.8. The van der Waals surface area contributed by atoms with Crippen molar-refractivity contribution >= 4 is 35.7 Å². The van der Waals surface area contributed by atoms with Crippen molar-refractivity contribution in [1.82, 2.24) is 14.8 Å². The van der Waals surface area contributed by atoms with Gasteiger partial charge in [-0.15, -0.1) is 24.8 Å². The van der Waals surface area contributed by atoms with Gasteiger partial charge in [-0.1, -0.05) is 18.6 Å². The van der Waals surface area contributed by atoms with Crippen LogP contribution < -0.4 is 5.56 Å². The zero-order valence-electron chi connectivity index (χ0n) is 17.8. The first kappa shape index (κ1) is 23.6. The van der Waals surface area contributed by atoms with Crippen LogP contribution in [0.4, 0.5) is 0 Å². The summed E-state index contributed by atoms with van der Waals surface area (Å²) < 4.78 is 0. The van der Waals surface area contributed by atoms with Gasteiger partial charge in [0, 0.05) is 29.1 Å². The molecule has 6 heteroatoms. The number of aromatic amines is 1. The van der Waals surface area contributed by atoms with Crippen LogP contribution in [0, 0.1) is 0 Å². The third-order valence-electron chi connectivity index (χ3n) is 7.27. The molecule has 0 radical (unpaired) electrons. The van der Waals surface area contributed by atoms with E-state index in [2.05, 4.69) is 33.0 Å². The van der Waals surface area contributed by atoms with Gasteiger partial charge in [0.2, 0.25) is 0 Å². The molecule has 3 aliphatic rings. The average Bonchev–Trinajstić information content (AvgIpc) is 2.75. The number of aryl methyl sites for hydroxylation is 1. The molecule has 0 saturated carbocycles. The predicted molar refractivity (Wildman–Crippen MR) is 129 cm³/mol. The molecule has 0 unspecified atom stereocenters. The zero-order chi connectivity index (χ0) is 18.9. The minimum Gasteiger partial charge on any atom is -0.322 e. The monoisotopic (exact) mass is 451 g/mol. The van der Waals surface area contributed by atoms with Crippen LogP contribution in [-0.2, 0) is 19.4 Å². The number of piperidine rings is 2. The van der Waals surface area contributed by atoms with Crippen LogP contribution in [0.3, 0.4) is 0 Å². The summed E-state index contributed by atoms with van der Waals surface area (Å²) in [5, 5.41) is 1.27. The number of nitrogens with zero attached hydrogens (tertiary/aromatic N) is 2. The molecule has 0 bridgehead atoms. The predicted octanol–water partition coefficient (Wildman–Crippen LogP) is 4.70. The van der Waals surface area contributed by atoms with E-state index in [0.29, 0.717) is 0 Å². The van der Waals surface area contributed by atoms with Crippen molar-refractivity contribution in [1.29, 1.82) is 0 Å².